The van der Waals surface area contributed by atoms with E-state index >= 15 is 0 Å². The van der Waals surface area contributed by atoms with Crippen molar-refractivity contribution < 1.29 is 9.53 Å². The molecule has 2 aromatic rings. The van der Waals surface area contributed by atoms with Crippen LogP contribution in [0.15, 0.2) is 24.4 Å². The molecule has 1 amide bonds. The zero-order valence-electron chi connectivity index (χ0n) is 15.0. The largest absolute Gasteiger partial charge is 0.495 e. The van der Waals surface area contributed by atoms with E-state index in [0.29, 0.717) is 34.1 Å². The summed E-state index contributed by atoms with van der Waals surface area (Å²) in [6.45, 7) is 1.87. The number of halogens is 1. The Bertz CT molecular complexity index is 791. The fraction of sp³-hybridized carbons (Fsp3) is 0.421. The molecule has 6 nitrogen and oxygen atoms in total. The topological polar surface area (TPSA) is 76.1 Å². The second-order valence-electron chi connectivity index (χ2n) is 6.50. The quantitative estimate of drug-likeness (QED) is 0.808. The number of aryl methyl sites for hydroxylation is 1. The third kappa shape index (κ3) is 4.43. The van der Waals surface area contributed by atoms with Crippen molar-refractivity contribution in [2.24, 2.45) is 0 Å². The summed E-state index contributed by atoms with van der Waals surface area (Å²) in [5, 5.41) is 6.75. The van der Waals surface area contributed by atoms with Gasteiger partial charge in [-0.2, -0.15) is 0 Å². The van der Waals surface area contributed by atoms with E-state index in [4.69, 9.17) is 16.3 Å². The van der Waals surface area contributed by atoms with Crippen LogP contribution in [0.2, 0.25) is 5.02 Å². The average molecular weight is 375 g/mol. The van der Waals surface area contributed by atoms with Crippen LogP contribution in [0, 0.1) is 6.92 Å². The summed E-state index contributed by atoms with van der Waals surface area (Å²) >= 11 is 6.11. The lowest BCUT2D eigenvalue weighted by Gasteiger charge is -2.22. The summed E-state index contributed by atoms with van der Waals surface area (Å²) in [6, 6.07) is 5.43. The van der Waals surface area contributed by atoms with Crippen LogP contribution in [-0.4, -0.2) is 29.0 Å². The second kappa shape index (κ2) is 8.36. The second-order valence-corrected chi connectivity index (χ2v) is 6.91. The predicted molar refractivity (Wildman–Crippen MR) is 103 cm³/mol. The number of amides is 1. The van der Waals surface area contributed by atoms with Crippen LogP contribution < -0.4 is 15.4 Å². The molecule has 26 heavy (non-hydrogen) atoms. The number of ether oxygens (including phenoxy) is 1. The number of rotatable bonds is 5. The molecule has 1 saturated carbocycles. The Kier molecular flexibility index (Phi) is 5.93. The lowest BCUT2D eigenvalue weighted by Crippen LogP contribution is -2.24. The number of nitrogens with zero attached hydrogens (tertiary/aromatic N) is 2. The van der Waals surface area contributed by atoms with E-state index in [0.717, 1.165) is 18.4 Å². The maximum atomic E-state index is 12.6. The molecule has 2 N–H and O–H groups in total. The fourth-order valence-corrected chi connectivity index (χ4v) is 3.25. The standard InChI is InChI=1S/C19H23ClN4O2/c1-12-10-16(17(26-2)11-14(12)20)23-18(25)15-8-9-21-19(24-15)22-13-6-4-3-5-7-13/h8-11,13H,3-7H2,1-2H3,(H,23,25)(H,21,22,24). The Hall–Kier alpha value is -2.34. The van der Waals surface area contributed by atoms with Crippen molar-refractivity contribution in [3.05, 3.63) is 40.7 Å². The number of nitrogens with one attached hydrogen (secondary N) is 2. The van der Waals surface area contributed by atoms with Gasteiger partial charge in [0.25, 0.3) is 5.91 Å². The predicted octanol–water partition coefficient (Wildman–Crippen LogP) is 4.44. The Labute approximate surface area is 158 Å². The molecular formula is C19H23ClN4O2. The van der Waals surface area contributed by atoms with Crippen molar-refractivity contribution in [3.63, 3.8) is 0 Å². The van der Waals surface area contributed by atoms with E-state index in [1.54, 1.807) is 24.4 Å². The molecule has 1 aromatic carbocycles. The van der Waals surface area contributed by atoms with Gasteiger partial charge in [0.05, 0.1) is 12.8 Å². The van der Waals surface area contributed by atoms with E-state index in [2.05, 4.69) is 20.6 Å². The molecule has 0 aliphatic heterocycles. The maximum Gasteiger partial charge on any atom is 0.274 e. The lowest BCUT2D eigenvalue weighted by molar-refractivity contribution is 0.102. The summed E-state index contributed by atoms with van der Waals surface area (Å²) in [5.74, 6) is 0.673. The molecule has 0 atom stereocenters. The van der Waals surface area contributed by atoms with Crippen LogP contribution >= 0.6 is 11.6 Å². The number of aromatic nitrogens is 2. The van der Waals surface area contributed by atoms with Gasteiger partial charge in [-0.1, -0.05) is 30.9 Å². The molecule has 1 aliphatic carbocycles. The zero-order chi connectivity index (χ0) is 18.5. The zero-order valence-corrected chi connectivity index (χ0v) is 15.8. The van der Waals surface area contributed by atoms with Gasteiger partial charge in [-0.05, 0) is 37.5 Å². The molecule has 1 heterocycles. The molecule has 0 spiro atoms. The first kappa shape index (κ1) is 18.5. The van der Waals surface area contributed by atoms with Crippen LogP contribution in [0.4, 0.5) is 11.6 Å². The molecular weight excluding hydrogens is 352 g/mol. The van der Waals surface area contributed by atoms with Gasteiger partial charge in [0, 0.05) is 23.3 Å². The van der Waals surface area contributed by atoms with Crippen LogP contribution in [0.1, 0.15) is 48.2 Å². The van der Waals surface area contributed by atoms with E-state index in [-0.39, 0.29) is 5.91 Å². The van der Waals surface area contributed by atoms with Crippen molar-refractivity contribution in [3.8, 4) is 5.75 Å². The molecule has 138 valence electrons. The van der Waals surface area contributed by atoms with Gasteiger partial charge in [0.1, 0.15) is 11.4 Å². The highest BCUT2D eigenvalue weighted by molar-refractivity contribution is 6.31. The minimum Gasteiger partial charge on any atom is -0.495 e. The normalized spacial score (nSPS) is 14.7. The first-order valence-corrected chi connectivity index (χ1v) is 9.19. The number of carbonyl (C=O) groups is 1. The van der Waals surface area contributed by atoms with Crippen molar-refractivity contribution in [2.75, 3.05) is 17.7 Å². The third-order valence-corrected chi connectivity index (χ3v) is 4.96. The SMILES string of the molecule is COc1cc(Cl)c(C)cc1NC(=O)c1ccnc(NC2CCCCC2)n1. The molecule has 1 aromatic heterocycles. The summed E-state index contributed by atoms with van der Waals surface area (Å²) in [6.07, 6.45) is 7.53. The molecule has 0 saturated heterocycles. The van der Waals surface area contributed by atoms with E-state index in [9.17, 15) is 4.79 Å². The van der Waals surface area contributed by atoms with Crippen LogP contribution in [-0.2, 0) is 0 Å². The highest BCUT2D eigenvalue weighted by atomic mass is 35.5. The summed E-state index contributed by atoms with van der Waals surface area (Å²) in [5.41, 5.74) is 1.71. The van der Waals surface area contributed by atoms with Gasteiger partial charge in [-0.15, -0.1) is 0 Å². The fourth-order valence-electron chi connectivity index (χ4n) is 3.10. The molecule has 1 fully saturated rings. The van der Waals surface area contributed by atoms with Gasteiger partial charge >= 0.3 is 0 Å². The molecule has 7 heteroatoms. The minimum atomic E-state index is -0.320. The minimum absolute atomic E-state index is 0.299. The van der Waals surface area contributed by atoms with Gasteiger partial charge in [0.2, 0.25) is 5.95 Å². The van der Waals surface area contributed by atoms with E-state index in [1.807, 2.05) is 6.92 Å². The average Bonchev–Trinajstić information content (AvgIpc) is 2.65. The number of carbonyl (C=O) groups excluding carboxylic acids is 1. The van der Waals surface area contributed by atoms with Crippen LogP contribution in [0.25, 0.3) is 0 Å². The highest BCUT2D eigenvalue weighted by Crippen LogP contribution is 2.31. The first-order valence-electron chi connectivity index (χ1n) is 8.82. The Balaban J connectivity index is 1.74. The van der Waals surface area contributed by atoms with Gasteiger partial charge in [0.15, 0.2) is 0 Å². The van der Waals surface area contributed by atoms with Crippen molar-refractivity contribution in [1.29, 1.82) is 0 Å². The van der Waals surface area contributed by atoms with Crippen molar-refractivity contribution in [2.45, 2.75) is 45.1 Å². The Morgan fingerprint density at radius 1 is 1.27 bits per heavy atom. The first-order chi connectivity index (χ1) is 12.6. The Morgan fingerprint density at radius 2 is 2.04 bits per heavy atom. The van der Waals surface area contributed by atoms with Crippen LogP contribution in [0.5, 0.6) is 5.75 Å². The summed E-state index contributed by atoms with van der Waals surface area (Å²) in [4.78, 5) is 21.2. The highest BCUT2D eigenvalue weighted by Gasteiger charge is 2.16. The maximum absolute atomic E-state index is 12.6. The molecule has 0 unspecified atom stereocenters. The van der Waals surface area contributed by atoms with Gasteiger partial charge in [-0.25, -0.2) is 9.97 Å². The van der Waals surface area contributed by atoms with Gasteiger partial charge < -0.3 is 15.4 Å². The molecule has 3 rings (SSSR count). The van der Waals surface area contributed by atoms with Crippen molar-refractivity contribution >= 4 is 29.1 Å². The Morgan fingerprint density at radius 3 is 2.77 bits per heavy atom. The molecule has 1 aliphatic rings. The number of hydrogen-bond acceptors (Lipinski definition) is 5. The van der Waals surface area contributed by atoms with E-state index in [1.165, 1.54) is 26.4 Å². The number of hydrogen-bond donors (Lipinski definition) is 2. The smallest absolute Gasteiger partial charge is 0.274 e. The van der Waals surface area contributed by atoms with Crippen LogP contribution in [0.3, 0.4) is 0 Å². The molecule has 0 bridgehead atoms. The number of anilines is 2. The lowest BCUT2D eigenvalue weighted by atomic mass is 9.96. The van der Waals surface area contributed by atoms with E-state index < -0.39 is 0 Å². The number of methoxy groups -OCH3 is 1. The summed E-state index contributed by atoms with van der Waals surface area (Å²) in [7, 11) is 1.54. The summed E-state index contributed by atoms with van der Waals surface area (Å²) < 4.78 is 5.30. The van der Waals surface area contributed by atoms with Gasteiger partial charge in [-0.3, -0.25) is 4.79 Å². The van der Waals surface area contributed by atoms with Crippen molar-refractivity contribution in [1.82, 2.24) is 9.97 Å². The number of benzene rings is 1. The molecule has 0 radical (unpaired) electrons. The monoisotopic (exact) mass is 374 g/mol. The third-order valence-electron chi connectivity index (χ3n) is 4.56.